The highest BCUT2D eigenvalue weighted by molar-refractivity contribution is 5.99. The molecule has 0 fully saturated rings. The number of allylic oxidation sites excluding steroid dienone is 1. The van der Waals surface area contributed by atoms with Crippen molar-refractivity contribution in [1.82, 2.24) is 5.43 Å². The highest BCUT2D eigenvalue weighted by Gasteiger charge is 2.17. The van der Waals surface area contributed by atoms with Crippen molar-refractivity contribution < 1.29 is 14.6 Å². The van der Waals surface area contributed by atoms with Crippen molar-refractivity contribution in [3.05, 3.63) is 101 Å². The van der Waals surface area contributed by atoms with E-state index in [1.165, 1.54) is 16.7 Å². The summed E-state index contributed by atoms with van der Waals surface area (Å²) in [6.45, 7) is 5.83. The molecule has 1 heterocycles. The predicted molar refractivity (Wildman–Crippen MR) is 143 cm³/mol. The van der Waals surface area contributed by atoms with Gasteiger partial charge in [-0.15, -0.1) is 0 Å². The van der Waals surface area contributed by atoms with E-state index in [-0.39, 0.29) is 0 Å². The van der Waals surface area contributed by atoms with Crippen LogP contribution in [0.1, 0.15) is 60.9 Å². The van der Waals surface area contributed by atoms with E-state index >= 15 is 0 Å². The number of fused-ring (bicyclic) bond motifs is 1. The number of nitrogens with one attached hydrogen (secondary N) is 2. The van der Waals surface area contributed by atoms with E-state index in [0.29, 0.717) is 6.61 Å². The summed E-state index contributed by atoms with van der Waals surface area (Å²) in [6.07, 6.45) is 5.76. The Kier molecular flexibility index (Phi) is 8.01. The van der Waals surface area contributed by atoms with E-state index in [4.69, 9.17) is 9.84 Å². The van der Waals surface area contributed by atoms with Gasteiger partial charge in [0, 0.05) is 12.6 Å². The van der Waals surface area contributed by atoms with Gasteiger partial charge in [-0.1, -0.05) is 62.7 Å². The molecule has 4 rings (SSSR count). The van der Waals surface area contributed by atoms with Crippen LogP contribution in [0.5, 0.6) is 5.75 Å². The second-order valence-electron chi connectivity index (χ2n) is 8.58. The van der Waals surface area contributed by atoms with Crippen molar-refractivity contribution in [3.8, 4) is 5.75 Å². The molecule has 35 heavy (non-hydrogen) atoms. The van der Waals surface area contributed by atoms with Gasteiger partial charge in [-0.05, 0) is 82.1 Å². The molecule has 0 spiro atoms. The van der Waals surface area contributed by atoms with Gasteiger partial charge in [0.1, 0.15) is 5.75 Å². The van der Waals surface area contributed by atoms with Gasteiger partial charge in [0.15, 0.2) is 0 Å². The van der Waals surface area contributed by atoms with Crippen LogP contribution >= 0.6 is 0 Å². The maximum Gasteiger partial charge on any atom is 0.328 e. The lowest BCUT2D eigenvalue weighted by Gasteiger charge is -2.18. The molecule has 5 heteroatoms. The summed E-state index contributed by atoms with van der Waals surface area (Å²) in [5, 5.41) is 8.95. The third kappa shape index (κ3) is 6.00. The maximum atomic E-state index is 10.9. The third-order valence-corrected chi connectivity index (χ3v) is 6.12. The van der Waals surface area contributed by atoms with Gasteiger partial charge in [-0.25, -0.2) is 10.2 Å². The van der Waals surface area contributed by atoms with E-state index in [0.717, 1.165) is 65.6 Å². The summed E-state index contributed by atoms with van der Waals surface area (Å²) < 4.78 is 6.00. The zero-order valence-corrected chi connectivity index (χ0v) is 20.3. The summed E-state index contributed by atoms with van der Waals surface area (Å²) in [5.41, 5.74) is 15.4. The number of benzene rings is 3. The Balaban J connectivity index is 1.81. The van der Waals surface area contributed by atoms with E-state index in [2.05, 4.69) is 73.2 Å². The van der Waals surface area contributed by atoms with Gasteiger partial charge >= 0.3 is 5.97 Å². The molecule has 3 aromatic rings. The predicted octanol–water partition coefficient (Wildman–Crippen LogP) is 6.76. The van der Waals surface area contributed by atoms with E-state index in [9.17, 15) is 4.79 Å². The zero-order valence-electron chi connectivity index (χ0n) is 20.3. The molecule has 0 aliphatic carbocycles. The first-order valence-electron chi connectivity index (χ1n) is 12.2. The van der Waals surface area contributed by atoms with Crippen molar-refractivity contribution in [2.75, 3.05) is 12.0 Å². The molecule has 3 N–H and O–H groups in total. The lowest BCUT2D eigenvalue weighted by Crippen LogP contribution is -2.10. The first-order valence-corrected chi connectivity index (χ1v) is 12.2. The third-order valence-electron chi connectivity index (χ3n) is 6.12. The number of hydrazine groups is 1. The molecule has 0 bridgehead atoms. The number of hydrogen-bond acceptors (Lipinski definition) is 4. The smallest absolute Gasteiger partial charge is 0.328 e. The fraction of sp³-hybridized carbons (Fsp3) is 0.233. The molecule has 0 aromatic heterocycles. The quantitative estimate of drug-likeness (QED) is 0.174. The fourth-order valence-corrected chi connectivity index (χ4v) is 4.33. The molecule has 0 radical (unpaired) electrons. The first-order chi connectivity index (χ1) is 17.1. The molecule has 1 aliphatic heterocycles. The molecule has 0 saturated heterocycles. The van der Waals surface area contributed by atoms with Crippen LogP contribution in [-0.4, -0.2) is 17.7 Å². The fourth-order valence-electron chi connectivity index (χ4n) is 4.33. The van der Waals surface area contributed by atoms with Gasteiger partial charge in [0.25, 0.3) is 0 Å². The van der Waals surface area contributed by atoms with Crippen molar-refractivity contribution in [2.24, 2.45) is 0 Å². The minimum Gasteiger partial charge on any atom is -0.494 e. The topological polar surface area (TPSA) is 70.6 Å². The second-order valence-corrected chi connectivity index (χ2v) is 8.58. The number of hydrogen-bond donors (Lipinski definition) is 3. The summed E-state index contributed by atoms with van der Waals surface area (Å²) in [6, 6.07) is 22.9. The monoisotopic (exact) mass is 468 g/mol. The van der Waals surface area contributed by atoms with Gasteiger partial charge < -0.3 is 15.3 Å². The minimum absolute atomic E-state index is 0.716. The van der Waals surface area contributed by atoms with Crippen LogP contribution in [0.15, 0.2) is 72.8 Å². The van der Waals surface area contributed by atoms with Crippen molar-refractivity contribution >= 4 is 28.9 Å². The van der Waals surface area contributed by atoms with Crippen molar-refractivity contribution in [1.29, 1.82) is 0 Å². The number of rotatable bonds is 10. The van der Waals surface area contributed by atoms with Crippen LogP contribution in [0.2, 0.25) is 0 Å². The minimum atomic E-state index is -0.954. The van der Waals surface area contributed by atoms with E-state index in [1.54, 1.807) is 6.08 Å². The Morgan fingerprint density at radius 3 is 2.54 bits per heavy atom. The lowest BCUT2D eigenvalue weighted by atomic mass is 9.87. The number of anilines is 1. The normalized spacial score (nSPS) is 13.3. The SMILES string of the molecule is CCCCOc1cccc(/C(CC)=C(\c2ccc(/C=C/C(=O)O)cc2)c2ccc3c(c2)CNN3)c1. The number of unbranched alkanes of at least 4 members (excludes halogenated alkanes) is 1. The molecule has 1 aliphatic rings. The maximum absolute atomic E-state index is 10.9. The van der Waals surface area contributed by atoms with Gasteiger partial charge in [0.2, 0.25) is 0 Å². The zero-order chi connectivity index (χ0) is 24.6. The largest absolute Gasteiger partial charge is 0.494 e. The van der Waals surface area contributed by atoms with Crippen LogP contribution in [0.3, 0.4) is 0 Å². The Hall–Kier alpha value is -3.83. The molecule has 0 atom stereocenters. The highest BCUT2D eigenvalue weighted by atomic mass is 16.5. The Bertz CT molecular complexity index is 1240. The number of aliphatic carboxylic acids is 1. The second kappa shape index (κ2) is 11.5. The van der Waals surface area contributed by atoms with Crippen LogP contribution in [0.25, 0.3) is 17.2 Å². The van der Waals surface area contributed by atoms with Gasteiger partial charge in [-0.3, -0.25) is 0 Å². The summed E-state index contributed by atoms with van der Waals surface area (Å²) in [4.78, 5) is 10.9. The van der Waals surface area contributed by atoms with Crippen LogP contribution in [-0.2, 0) is 11.3 Å². The molecule has 0 amide bonds. The van der Waals surface area contributed by atoms with Gasteiger partial charge in [0.05, 0.1) is 12.3 Å². The highest BCUT2D eigenvalue weighted by Crippen LogP contribution is 2.37. The van der Waals surface area contributed by atoms with Crippen LogP contribution in [0.4, 0.5) is 5.69 Å². The molecule has 180 valence electrons. The van der Waals surface area contributed by atoms with Crippen LogP contribution in [0, 0.1) is 0 Å². The molecular formula is C30H32N2O3. The average molecular weight is 469 g/mol. The Morgan fingerprint density at radius 1 is 1.00 bits per heavy atom. The van der Waals surface area contributed by atoms with Crippen molar-refractivity contribution in [3.63, 3.8) is 0 Å². The summed E-state index contributed by atoms with van der Waals surface area (Å²) >= 11 is 0. The number of carboxylic acids is 1. The molecule has 5 nitrogen and oxygen atoms in total. The Labute approximate surface area is 207 Å². The molecule has 0 saturated carbocycles. The molecule has 3 aromatic carbocycles. The average Bonchev–Trinajstić information content (AvgIpc) is 3.35. The standard InChI is InChI=1S/C30H32N2O3/c1-3-5-17-35-26-8-6-7-23(19-26)27(4-2)30(24-14-15-28-25(18-24)20-31-32-28)22-12-9-21(10-13-22)11-16-29(33)34/h6-16,18-19,31-32H,3-5,17,20H2,1-2H3,(H,33,34)/b16-11+,30-27+. The van der Waals surface area contributed by atoms with Crippen molar-refractivity contribution in [2.45, 2.75) is 39.7 Å². The van der Waals surface area contributed by atoms with E-state index < -0.39 is 5.97 Å². The Morgan fingerprint density at radius 2 is 1.80 bits per heavy atom. The number of ether oxygens (including phenoxy) is 1. The summed E-state index contributed by atoms with van der Waals surface area (Å²) in [7, 11) is 0. The van der Waals surface area contributed by atoms with Gasteiger partial charge in [-0.2, -0.15) is 0 Å². The first kappa shape index (κ1) is 24.3. The van der Waals surface area contributed by atoms with Crippen LogP contribution < -0.4 is 15.6 Å². The number of carbonyl (C=O) groups is 1. The summed E-state index contributed by atoms with van der Waals surface area (Å²) in [5.74, 6) is -0.0675. The van der Waals surface area contributed by atoms with E-state index in [1.807, 2.05) is 18.2 Å². The molecule has 0 unspecified atom stereocenters. The number of carboxylic acid groups (broad SMARTS) is 1. The lowest BCUT2D eigenvalue weighted by molar-refractivity contribution is -0.131. The molecular weight excluding hydrogens is 436 g/mol.